The van der Waals surface area contributed by atoms with Crippen LogP contribution in [-0.2, 0) is 27.3 Å². The van der Waals surface area contributed by atoms with Gasteiger partial charge in [0.25, 0.3) is 17.7 Å². The number of rotatable bonds is 12. The van der Waals surface area contributed by atoms with Crippen LogP contribution in [0, 0.1) is 6.92 Å². The Labute approximate surface area is 256 Å². The van der Waals surface area contributed by atoms with Crippen molar-refractivity contribution in [2.24, 2.45) is 0 Å². The first kappa shape index (κ1) is 34.0. The van der Waals surface area contributed by atoms with Gasteiger partial charge in [0.1, 0.15) is 11.8 Å². The maximum absolute atomic E-state index is 14.6. The van der Waals surface area contributed by atoms with Crippen LogP contribution in [-0.4, -0.2) is 72.0 Å². The van der Waals surface area contributed by atoms with Crippen LogP contribution in [0.1, 0.15) is 30.5 Å². The quantitative estimate of drug-likeness (QED) is 0.248. The number of aryl methyl sites for hydroxylation is 1. The molecule has 1 aliphatic heterocycles. The molecule has 4 rings (SSSR count). The maximum Gasteiger partial charge on any atom is 0.267 e. The van der Waals surface area contributed by atoms with Crippen molar-refractivity contribution in [1.29, 1.82) is 0 Å². The van der Waals surface area contributed by atoms with Gasteiger partial charge in [-0.2, -0.15) is 0 Å². The molecule has 1 heterocycles. The van der Waals surface area contributed by atoms with E-state index in [0.717, 1.165) is 16.8 Å². The highest BCUT2D eigenvalue weighted by Crippen LogP contribution is 2.33. The van der Waals surface area contributed by atoms with Crippen LogP contribution in [0.2, 0.25) is 0 Å². The summed E-state index contributed by atoms with van der Waals surface area (Å²) in [5.41, 5.74) is 3.13. The lowest BCUT2D eigenvalue weighted by molar-refractivity contribution is -0.147. The number of hydrogen-bond donors (Lipinski definition) is 4. The first-order valence-corrected chi connectivity index (χ1v) is 14.0. The molecule has 1 aliphatic rings. The Morgan fingerprint density at radius 3 is 2.32 bits per heavy atom. The molecule has 0 spiro atoms. The molecule has 0 aromatic heterocycles. The van der Waals surface area contributed by atoms with Gasteiger partial charge in [-0.25, -0.2) is 8.78 Å². The summed E-state index contributed by atoms with van der Waals surface area (Å²) < 4.78 is 34.8. The first-order chi connectivity index (χ1) is 20.6. The van der Waals surface area contributed by atoms with Gasteiger partial charge in [-0.05, 0) is 48.2 Å². The molecule has 3 atom stereocenters. The van der Waals surface area contributed by atoms with E-state index in [2.05, 4.69) is 16.0 Å². The standard InChI is InChI=1S/C32H36F2N4O5.CH4/c1-21-8-6-7-11-27(21)43-19-28(39)37-25(16-22-9-4-3-5-10-22)29(40)31(42)38-20-32(33,34)17-26(38)30(41)36-18-23-12-14-24(35-2)15-13-23;/h3-15,25-26,29,35,40H,16-20H2,1-2H3,(H,36,41)(H,37,39);1H4/t25-,26-,29-;/m0./s1. The lowest BCUT2D eigenvalue weighted by atomic mass is 9.99. The SMILES string of the molecule is C.CNc1ccc(CNC(=O)[C@@H]2CC(F)(F)CN2C(=O)[C@@H](O)[C@H](Cc2ccccc2)NC(=O)COc2ccccc2C)cc1. The van der Waals surface area contributed by atoms with Crippen molar-refractivity contribution in [2.75, 3.05) is 25.5 Å². The molecule has 0 radical (unpaired) electrons. The van der Waals surface area contributed by atoms with Gasteiger partial charge >= 0.3 is 0 Å². The van der Waals surface area contributed by atoms with Crippen LogP contribution in [0.5, 0.6) is 5.75 Å². The van der Waals surface area contributed by atoms with Crippen molar-refractivity contribution in [3.63, 3.8) is 0 Å². The molecule has 11 heteroatoms. The lowest BCUT2D eigenvalue weighted by Gasteiger charge is -2.30. The second-order valence-electron chi connectivity index (χ2n) is 10.6. The number of benzene rings is 3. The number of carbonyl (C=O) groups is 3. The Morgan fingerprint density at radius 1 is 1.00 bits per heavy atom. The van der Waals surface area contributed by atoms with E-state index in [0.29, 0.717) is 16.2 Å². The topological polar surface area (TPSA) is 120 Å². The Hall–Kier alpha value is -4.51. The normalized spacial score (nSPS) is 16.7. The zero-order valence-corrected chi connectivity index (χ0v) is 24.1. The fourth-order valence-corrected chi connectivity index (χ4v) is 4.94. The molecule has 0 saturated carbocycles. The first-order valence-electron chi connectivity index (χ1n) is 14.0. The van der Waals surface area contributed by atoms with Gasteiger partial charge in [0.2, 0.25) is 5.91 Å². The second kappa shape index (κ2) is 15.3. The summed E-state index contributed by atoms with van der Waals surface area (Å²) in [6.07, 6.45) is -2.75. The molecule has 1 fully saturated rings. The number of amides is 3. The van der Waals surface area contributed by atoms with Gasteiger partial charge in [0.05, 0.1) is 12.6 Å². The summed E-state index contributed by atoms with van der Waals surface area (Å²) in [6, 6.07) is 20.5. The van der Waals surface area contributed by atoms with E-state index in [-0.39, 0.29) is 27.0 Å². The predicted octanol–water partition coefficient (Wildman–Crippen LogP) is 3.69. The summed E-state index contributed by atoms with van der Waals surface area (Å²) in [5.74, 6) is -5.27. The highest BCUT2D eigenvalue weighted by Gasteiger charge is 2.51. The fraction of sp³-hybridized carbons (Fsp3) is 0.364. The number of halogens is 2. The van der Waals surface area contributed by atoms with Gasteiger partial charge in [0.15, 0.2) is 12.7 Å². The number of anilines is 1. The average Bonchev–Trinajstić information content (AvgIpc) is 3.34. The summed E-state index contributed by atoms with van der Waals surface area (Å²) >= 11 is 0. The monoisotopic (exact) mass is 610 g/mol. The molecule has 0 bridgehead atoms. The van der Waals surface area contributed by atoms with Crippen molar-refractivity contribution >= 4 is 23.4 Å². The average molecular weight is 611 g/mol. The molecular weight excluding hydrogens is 570 g/mol. The lowest BCUT2D eigenvalue weighted by Crippen LogP contribution is -2.56. The molecular formula is C33H40F2N4O5. The molecule has 9 nitrogen and oxygen atoms in total. The van der Waals surface area contributed by atoms with E-state index in [1.807, 2.05) is 31.2 Å². The molecule has 44 heavy (non-hydrogen) atoms. The zero-order chi connectivity index (χ0) is 31.0. The van der Waals surface area contributed by atoms with E-state index in [1.54, 1.807) is 61.6 Å². The highest BCUT2D eigenvalue weighted by molar-refractivity contribution is 5.91. The van der Waals surface area contributed by atoms with Crippen molar-refractivity contribution in [2.45, 2.75) is 57.8 Å². The smallest absolute Gasteiger partial charge is 0.267 e. The molecule has 3 aromatic carbocycles. The molecule has 4 N–H and O–H groups in total. The number of para-hydroxylation sites is 1. The molecule has 0 unspecified atom stereocenters. The zero-order valence-electron chi connectivity index (χ0n) is 24.1. The van der Waals surface area contributed by atoms with Gasteiger partial charge in [0, 0.05) is 25.7 Å². The summed E-state index contributed by atoms with van der Waals surface area (Å²) in [7, 11) is 1.77. The molecule has 236 valence electrons. The number of hydrogen-bond acceptors (Lipinski definition) is 6. The minimum absolute atomic E-state index is 0. The summed E-state index contributed by atoms with van der Waals surface area (Å²) in [6.45, 7) is 0.480. The van der Waals surface area contributed by atoms with Crippen molar-refractivity contribution in [1.82, 2.24) is 15.5 Å². The molecule has 3 aromatic rings. The van der Waals surface area contributed by atoms with Crippen molar-refractivity contribution in [3.05, 3.63) is 95.6 Å². The van der Waals surface area contributed by atoms with Gasteiger partial charge in [-0.3, -0.25) is 14.4 Å². The number of nitrogens with zero attached hydrogens (tertiary/aromatic N) is 1. The Balaban J connectivity index is 0.00000529. The van der Waals surface area contributed by atoms with Crippen LogP contribution in [0.25, 0.3) is 0 Å². The fourth-order valence-electron chi connectivity index (χ4n) is 4.94. The minimum atomic E-state index is -3.33. The molecule has 3 amide bonds. The van der Waals surface area contributed by atoms with Crippen LogP contribution >= 0.6 is 0 Å². The van der Waals surface area contributed by atoms with E-state index < -0.39 is 54.8 Å². The van der Waals surface area contributed by atoms with Crippen LogP contribution in [0.4, 0.5) is 14.5 Å². The number of aliphatic hydroxyl groups is 1. The predicted molar refractivity (Wildman–Crippen MR) is 164 cm³/mol. The van der Waals surface area contributed by atoms with Crippen LogP contribution in [0.3, 0.4) is 0 Å². The molecule has 1 saturated heterocycles. The third-order valence-electron chi connectivity index (χ3n) is 7.30. The largest absolute Gasteiger partial charge is 0.484 e. The van der Waals surface area contributed by atoms with E-state index in [1.165, 1.54) is 0 Å². The Bertz CT molecular complexity index is 1400. The van der Waals surface area contributed by atoms with Crippen LogP contribution in [0.15, 0.2) is 78.9 Å². The van der Waals surface area contributed by atoms with Gasteiger partial charge in [-0.1, -0.05) is 68.1 Å². The molecule has 0 aliphatic carbocycles. The summed E-state index contributed by atoms with van der Waals surface area (Å²) in [4.78, 5) is 40.1. The van der Waals surface area contributed by atoms with Crippen LogP contribution < -0.4 is 20.7 Å². The third-order valence-corrected chi connectivity index (χ3v) is 7.30. The maximum atomic E-state index is 14.6. The Morgan fingerprint density at radius 2 is 1.66 bits per heavy atom. The number of carbonyl (C=O) groups excluding carboxylic acids is 3. The number of nitrogens with one attached hydrogen (secondary N) is 3. The van der Waals surface area contributed by atoms with Gasteiger partial charge in [-0.15, -0.1) is 0 Å². The number of likely N-dealkylation sites (tertiary alicyclic amines) is 1. The van der Waals surface area contributed by atoms with Crippen molar-refractivity contribution < 1.29 is 33.0 Å². The highest BCUT2D eigenvalue weighted by atomic mass is 19.3. The van der Waals surface area contributed by atoms with E-state index in [9.17, 15) is 28.3 Å². The van der Waals surface area contributed by atoms with Crippen molar-refractivity contribution in [3.8, 4) is 5.75 Å². The third kappa shape index (κ3) is 9.00. The number of aliphatic hydroxyl groups excluding tert-OH is 1. The van der Waals surface area contributed by atoms with E-state index in [4.69, 9.17) is 4.74 Å². The minimum Gasteiger partial charge on any atom is -0.484 e. The van der Waals surface area contributed by atoms with E-state index >= 15 is 0 Å². The number of alkyl halides is 2. The summed E-state index contributed by atoms with van der Waals surface area (Å²) in [5, 5.41) is 19.4. The number of ether oxygens (including phenoxy) is 1. The van der Waals surface area contributed by atoms with Gasteiger partial charge < -0.3 is 30.7 Å². The Kier molecular flexibility index (Phi) is 11.8. The second-order valence-corrected chi connectivity index (χ2v) is 10.6.